The van der Waals surface area contributed by atoms with Gasteiger partial charge in [0.25, 0.3) is 0 Å². The predicted octanol–water partition coefficient (Wildman–Crippen LogP) is 4.41. The van der Waals surface area contributed by atoms with Gasteiger partial charge in [-0.15, -0.1) is 0 Å². The van der Waals surface area contributed by atoms with Gasteiger partial charge in [-0.05, 0) is 31.0 Å². The fourth-order valence-electron chi connectivity index (χ4n) is 1.35. The van der Waals surface area contributed by atoms with Gasteiger partial charge < -0.3 is 4.74 Å². The summed E-state index contributed by atoms with van der Waals surface area (Å²) in [7, 11) is 0. The van der Waals surface area contributed by atoms with E-state index in [0.717, 1.165) is 23.1 Å². The number of halogens is 3. The SMILES string of the molecule is Clc1cc(Br)ccc1OC1CC(Br)C1. The number of ether oxygens (including phenoxy) is 1. The monoisotopic (exact) mass is 338 g/mol. The first-order valence-corrected chi connectivity index (χ1v) is 6.49. The average molecular weight is 340 g/mol. The summed E-state index contributed by atoms with van der Waals surface area (Å²) in [5, 5.41) is 0.664. The highest BCUT2D eigenvalue weighted by Crippen LogP contribution is 2.34. The van der Waals surface area contributed by atoms with Gasteiger partial charge in [0, 0.05) is 9.30 Å². The quantitative estimate of drug-likeness (QED) is 0.725. The second-order valence-electron chi connectivity index (χ2n) is 3.38. The number of hydrogen-bond acceptors (Lipinski definition) is 1. The molecule has 1 aromatic rings. The minimum absolute atomic E-state index is 0.318. The molecule has 2 rings (SSSR count). The molecule has 1 nitrogen and oxygen atoms in total. The molecule has 0 N–H and O–H groups in total. The molecule has 0 bridgehead atoms. The second kappa shape index (κ2) is 4.42. The zero-order valence-electron chi connectivity index (χ0n) is 7.34. The molecule has 0 atom stereocenters. The summed E-state index contributed by atoms with van der Waals surface area (Å²) in [6, 6.07) is 5.68. The van der Waals surface area contributed by atoms with Crippen LogP contribution in [0.2, 0.25) is 5.02 Å². The van der Waals surface area contributed by atoms with Crippen molar-refractivity contribution in [1.29, 1.82) is 0 Å². The van der Waals surface area contributed by atoms with E-state index in [1.165, 1.54) is 0 Å². The van der Waals surface area contributed by atoms with E-state index in [4.69, 9.17) is 16.3 Å². The summed E-state index contributed by atoms with van der Waals surface area (Å²) < 4.78 is 6.70. The summed E-state index contributed by atoms with van der Waals surface area (Å²) in [5.41, 5.74) is 0. The van der Waals surface area contributed by atoms with E-state index in [0.29, 0.717) is 16.0 Å². The van der Waals surface area contributed by atoms with Gasteiger partial charge in [-0.3, -0.25) is 0 Å². The molecule has 0 aromatic heterocycles. The van der Waals surface area contributed by atoms with Crippen LogP contribution in [0, 0.1) is 0 Å². The Kier molecular flexibility index (Phi) is 3.40. The van der Waals surface area contributed by atoms with Crippen LogP contribution in [-0.2, 0) is 0 Å². The van der Waals surface area contributed by atoms with E-state index in [-0.39, 0.29) is 0 Å². The van der Waals surface area contributed by atoms with E-state index in [1.807, 2.05) is 18.2 Å². The molecule has 0 heterocycles. The lowest BCUT2D eigenvalue weighted by molar-refractivity contribution is 0.128. The molecule has 1 aliphatic carbocycles. The molecule has 14 heavy (non-hydrogen) atoms. The van der Waals surface area contributed by atoms with Crippen LogP contribution in [0.1, 0.15) is 12.8 Å². The Morgan fingerprint density at radius 3 is 2.64 bits per heavy atom. The molecule has 0 saturated heterocycles. The Balaban J connectivity index is 2.02. The number of hydrogen-bond donors (Lipinski definition) is 0. The van der Waals surface area contributed by atoms with Gasteiger partial charge in [-0.2, -0.15) is 0 Å². The van der Waals surface area contributed by atoms with E-state index < -0.39 is 0 Å². The third-order valence-corrected chi connectivity index (χ3v) is 3.76. The lowest BCUT2D eigenvalue weighted by atomic mass is 9.96. The van der Waals surface area contributed by atoms with E-state index in [9.17, 15) is 0 Å². The molecule has 0 radical (unpaired) electrons. The molecule has 0 unspecified atom stereocenters. The Hall–Kier alpha value is 0.270. The normalized spacial score (nSPS) is 25.6. The summed E-state index contributed by atoms with van der Waals surface area (Å²) in [5.74, 6) is 0.777. The largest absolute Gasteiger partial charge is 0.489 e. The first kappa shape index (κ1) is 10.8. The van der Waals surface area contributed by atoms with E-state index >= 15 is 0 Å². The molecule has 1 fully saturated rings. The van der Waals surface area contributed by atoms with Gasteiger partial charge in [0.05, 0.1) is 5.02 Å². The zero-order chi connectivity index (χ0) is 10.1. The maximum atomic E-state index is 6.02. The summed E-state index contributed by atoms with van der Waals surface area (Å²) in [6.45, 7) is 0. The lowest BCUT2D eigenvalue weighted by Crippen LogP contribution is -2.34. The van der Waals surface area contributed by atoms with Crippen LogP contribution in [-0.4, -0.2) is 10.9 Å². The zero-order valence-corrected chi connectivity index (χ0v) is 11.3. The first-order valence-electron chi connectivity index (χ1n) is 4.41. The van der Waals surface area contributed by atoms with Crippen molar-refractivity contribution in [3.63, 3.8) is 0 Å². The molecule has 1 aliphatic rings. The molecule has 1 aromatic carbocycles. The molecule has 76 valence electrons. The van der Waals surface area contributed by atoms with Crippen molar-refractivity contribution in [2.24, 2.45) is 0 Å². The van der Waals surface area contributed by atoms with Gasteiger partial charge >= 0.3 is 0 Å². The minimum atomic E-state index is 0.318. The lowest BCUT2D eigenvalue weighted by Gasteiger charge is -2.31. The van der Waals surface area contributed by atoms with Crippen LogP contribution >= 0.6 is 43.5 Å². The summed E-state index contributed by atoms with van der Waals surface area (Å²) in [4.78, 5) is 0.613. The van der Waals surface area contributed by atoms with Gasteiger partial charge in [0.1, 0.15) is 11.9 Å². The number of benzene rings is 1. The molecular formula is C10H9Br2ClO. The molecule has 1 saturated carbocycles. The smallest absolute Gasteiger partial charge is 0.138 e. The Morgan fingerprint density at radius 1 is 1.36 bits per heavy atom. The van der Waals surface area contributed by atoms with E-state index in [2.05, 4.69) is 31.9 Å². The molecule has 0 amide bonds. The van der Waals surface area contributed by atoms with Crippen LogP contribution in [0.15, 0.2) is 22.7 Å². The van der Waals surface area contributed by atoms with Crippen molar-refractivity contribution in [3.05, 3.63) is 27.7 Å². The van der Waals surface area contributed by atoms with Crippen LogP contribution in [0.3, 0.4) is 0 Å². The highest BCUT2D eigenvalue weighted by atomic mass is 79.9. The maximum absolute atomic E-state index is 6.02. The minimum Gasteiger partial charge on any atom is -0.489 e. The average Bonchev–Trinajstić information content (AvgIpc) is 2.06. The van der Waals surface area contributed by atoms with Crippen LogP contribution in [0.4, 0.5) is 0 Å². The third kappa shape index (κ3) is 2.44. The van der Waals surface area contributed by atoms with Crippen molar-refractivity contribution in [3.8, 4) is 5.75 Å². The Morgan fingerprint density at radius 2 is 2.07 bits per heavy atom. The molecule has 0 aliphatic heterocycles. The highest BCUT2D eigenvalue weighted by molar-refractivity contribution is 9.10. The number of alkyl halides is 1. The van der Waals surface area contributed by atoms with Gasteiger partial charge in [-0.25, -0.2) is 0 Å². The van der Waals surface area contributed by atoms with Crippen molar-refractivity contribution in [1.82, 2.24) is 0 Å². The van der Waals surface area contributed by atoms with E-state index in [1.54, 1.807) is 0 Å². The topological polar surface area (TPSA) is 9.23 Å². The molecule has 4 heteroatoms. The van der Waals surface area contributed by atoms with Gasteiger partial charge in [0.15, 0.2) is 0 Å². The van der Waals surface area contributed by atoms with Gasteiger partial charge in [-0.1, -0.05) is 43.5 Å². The van der Waals surface area contributed by atoms with Crippen molar-refractivity contribution < 1.29 is 4.74 Å². The first-order chi connectivity index (χ1) is 6.65. The van der Waals surface area contributed by atoms with Crippen LogP contribution in [0.5, 0.6) is 5.75 Å². The van der Waals surface area contributed by atoms with Crippen molar-refractivity contribution in [2.45, 2.75) is 23.8 Å². The number of rotatable bonds is 2. The van der Waals surface area contributed by atoms with Crippen molar-refractivity contribution >= 4 is 43.5 Å². The predicted molar refractivity (Wildman–Crippen MR) is 65.5 cm³/mol. The highest BCUT2D eigenvalue weighted by Gasteiger charge is 2.28. The standard InChI is InChI=1S/C10H9Br2ClO/c11-6-1-2-10(9(13)5-6)14-8-3-7(12)4-8/h1-2,5,7-8H,3-4H2. The fraction of sp³-hybridized carbons (Fsp3) is 0.400. The van der Waals surface area contributed by atoms with Crippen molar-refractivity contribution in [2.75, 3.05) is 0 Å². The maximum Gasteiger partial charge on any atom is 0.138 e. The summed E-state index contributed by atoms with van der Waals surface area (Å²) in [6.07, 6.45) is 2.44. The Bertz CT molecular complexity index is 337. The Labute approximate surface area is 105 Å². The second-order valence-corrected chi connectivity index (χ2v) is 6.00. The molecule has 0 spiro atoms. The van der Waals surface area contributed by atoms with Gasteiger partial charge in [0.2, 0.25) is 0 Å². The molecular weight excluding hydrogens is 331 g/mol. The fourth-order valence-corrected chi connectivity index (χ4v) is 2.90. The third-order valence-electron chi connectivity index (χ3n) is 2.22. The van der Waals surface area contributed by atoms with Crippen LogP contribution < -0.4 is 4.74 Å². The summed E-state index contributed by atoms with van der Waals surface area (Å²) >= 11 is 12.9. The van der Waals surface area contributed by atoms with Crippen LogP contribution in [0.25, 0.3) is 0 Å².